The Morgan fingerprint density at radius 2 is 2.00 bits per heavy atom. The van der Waals surface area contributed by atoms with Crippen LogP contribution in [-0.4, -0.2) is 0 Å². The minimum atomic E-state index is 0. The summed E-state index contributed by atoms with van der Waals surface area (Å²) in [7, 11) is 0. The van der Waals surface area contributed by atoms with Crippen molar-refractivity contribution in [1.29, 1.82) is 0 Å². The zero-order valence-corrected chi connectivity index (χ0v) is 5.73. The first-order valence-electron chi connectivity index (χ1n) is 1.25. The van der Waals surface area contributed by atoms with E-state index in [-0.39, 0.29) is 20.1 Å². The Labute approximate surface area is 51.7 Å². The Hall–Kier alpha value is -0.231. The molecule has 0 amide bonds. The van der Waals surface area contributed by atoms with Gasteiger partial charge in [0.25, 0.3) is 0 Å². The number of hydrogen-bond donors (Lipinski definition) is 0. The second-order valence-corrected chi connectivity index (χ2v) is 0.500. The standard InChI is InChI=1S/C5H3.Ir/c1-3-5-4-2;/h1H3;/q-1;. The molecule has 1 heteroatoms. The summed E-state index contributed by atoms with van der Waals surface area (Å²) in [5.74, 6) is 6.65. The molecule has 0 N–H and O–H groups in total. The van der Waals surface area contributed by atoms with Gasteiger partial charge in [-0.25, -0.2) is 5.92 Å². The van der Waals surface area contributed by atoms with Gasteiger partial charge in [0.15, 0.2) is 0 Å². The molecule has 0 heterocycles. The van der Waals surface area contributed by atoms with Gasteiger partial charge in [-0.3, -0.25) is 11.8 Å². The van der Waals surface area contributed by atoms with Gasteiger partial charge in [-0.2, -0.15) is 0 Å². The average molecular weight is 255 g/mol. The molecule has 0 aromatic rings. The summed E-state index contributed by atoms with van der Waals surface area (Å²) in [5.41, 5.74) is 0. The van der Waals surface area contributed by atoms with Crippen LogP contribution in [0, 0.1) is 24.2 Å². The fraction of sp³-hybridized carbons (Fsp3) is 0.200. The third-order valence-corrected chi connectivity index (χ3v) is 0.188. The van der Waals surface area contributed by atoms with Crippen molar-refractivity contribution in [2.45, 2.75) is 6.92 Å². The largest absolute Gasteiger partial charge is 0.358 e. The summed E-state index contributed by atoms with van der Waals surface area (Å²) in [5, 5.41) is 0. The smallest absolute Gasteiger partial charge is 0 e. The summed E-state index contributed by atoms with van der Waals surface area (Å²) in [4.78, 5) is 0. The molecule has 0 aliphatic rings. The minimum absolute atomic E-state index is 0. The summed E-state index contributed by atoms with van der Waals surface area (Å²) in [6, 6.07) is 0. The van der Waals surface area contributed by atoms with Crippen LogP contribution in [0.15, 0.2) is 0 Å². The Morgan fingerprint density at radius 1 is 1.50 bits per heavy atom. The molecule has 6 heavy (non-hydrogen) atoms. The molecule has 0 nitrogen and oxygen atoms in total. The normalized spacial score (nSPS) is 2.67. The molecule has 0 spiro atoms. The molecule has 0 aromatic heterocycles. The van der Waals surface area contributed by atoms with Crippen LogP contribution >= 0.6 is 0 Å². The van der Waals surface area contributed by atoms with Crippen LogP contribution in [0.25, 0.3) is 0 Å². The van der Waals surface area contributed by atoms with E-state index < -0.39 is 0 Å². The zero-order chi connectivity index (χ0) is 4.12. The zero-order valence-electron chi connectivity index (χ0n) is 3.33. The van der Waals surface area contributed by atoms with Gasteiger partial charge in [-0.1, -0.05) is 0 Å². The van der Waals surface area contributed by atoms with Gasteiger partial charge in [-0.15, -0.1) is 0 Å². The van der Waals surface area contributed by atoms with Crippen LogP contribution in [0.3, 0.4) is 0 Å². The van der Waals surface area contributed by atoms with Crippen LogP contribution in [0.4, 0.5) is 0 Å². The first-order chi connectivity index (χ1) is 2.41. The third kappa shape index (κ3) is 9.23. The Bertz CT molecular complexity index is 97.3. The molecular formula is C5H3Ir-. The van der Waals surface area contributed by atoms with Crippen molar-refractivity contribution in [2.75, 3.05) is 0 Å². The fourth-order valence-corrected chi connectivity index (χ4v) is 0.0625. The van der Waals surface area contributed by atoms with Gasteiger partial charge in [0, 0.05) is 20.1 Å². The van der Waals surface area contributed by atoms with Crippen molar-refractivity contribution in [3.63, 3.8) is 0 Å². The van der Waals surface area contributed by atoms with Gasteiger partial charge in [-0.05, 0) is 6.92 Å². The van der Waals surface area contributed by atoms with E-state index in [0.29, 0.717) is 0 Å². The molecule has 0 unspecified atom stereocenters. The number of rotatable bonds is 0. The maximum atomic E-state index is 6.18. The quantitative estimate of drug-likeness (QED) is 0.439. The van der Waals surface area contributed by atoms with E-state index in [4.69, 9.17) is 6.42 Å². The maximum absolute atomic E-state index is 6.18. The van der Waals surface area contributed by atoms with Crippen molar-refractivity contribution in [3.05, 3.63) is 6.42 Å². The van der Waals surface area contributed by atoms with Crippen LogP contribution in [0.2, 0.25) is 0 Å². The van der Waals surface area contributed by atoms with Crippen LogP contribution in [0.5, 0.6) is 0 Å². The van der Waals surface area contributed by atoms with E-state index >= 15 is 0 Å². The molecule has 0 atom stereocenters. The Balaban J connectivity index is 0. The predicted molar refractivity (Wildman–Crippen MR) is 20.6 cm³/mol. The van der Waals surface area contributed by atoms with E-state index in [2.05, 4.69) is 11.8 Å². The molecule has 0 saturated carbocycles. The monoisotopic (exact) mass is 256 g/mol. The van der Waals surface area contributed by atoms with Gasteiger partial charge in [0.1, 0.15) is 0 Å². The van der Waals surface area contributed by atoms with Gasteiger partial charge in [0.05, 0.1) is 0 Å². The van der Waals surface area contributed by atoms with Crippen LogP contribution in [-0.2, 0) is 20.1 Å². The molecule has 33 valence electrons. The molecular weight excluding hydrogens is 252 g/mol. The number of hydrogen-bond acceptors (Lipinski definition) is 0. The van der Waals surface area contributed by atoms with Crippen molar-refractivity contribution in [1.82, 2.24) is 0 Å². The summed E-state index contributed by atoms with van der Waals surface area (Å²) in [6.45, 7) is 1.67. The first kappa shape index (κ1) is 9.24. The maximum Gasteiger partial charge on any atom is 0 e. The second kappa shape index (κ2) is 8.84. The van der Waals surface area contributed by atoms with Crippen LogP contribution in [0.1, 0.15) is 6.92 Å². The van der Waals surface area contributed by atoms with Crippen molar-refractivity contribution in [3.8, 4) is 17.8 Å². The average Bonchev–Trinajstić information content (AvgIpc) is 1.41. The van der Waals surface area contributed by atoms with E-state index in [1.54, 1.807) is 6.92 Å². The van der Waals surface area contributed by atoms with Crippen molar-refractivity contribution in [2.24, 2.45) is 0 Å². The van der Waals surface area contributed by atoms with E-state index in [9.17, 15) is 0 Å². The molecule has 0 fully saturated rings. The summed E-state index contributed by atoms with van der Waals surface area (Å²) in [6.07, 6.45) is 6.18. The van der Waals surface area contributed by atoms with E-state index in [1.165, 1.54) is 0 Å². The van der Waals surface area contributed by atoms with Crippen molar-refractivity contribution < 1.29 is 20.1 Å². The summed E-state index contributed by atoms with van der Waals surface area (Å²) < 4.78 is 0. The van der Waals surface area contributed by atoms with Crippen molar-refractivity contribution >= 4 is 0 Å². The Kier molecular flexibility index (Phi) is 13.6. The minimum Gasteiger partial charge on any atom is -0.358 e. The molecule has 0 aliphatic carbocycles. The molecule has 0 bridgehead atoms. The molecule has 0 aliphatic heterocycles. The topological polar surface area (TPSA) is 0 Å². The second-order valence-electron chi connectivity index (χ2n) is 0.500. The predicted octanol–water partition coefficient (Wildman–Crippen LogP) is 0.597. The molecule has 0 rings (SSSR count). The molecule has 0 aromatic carbocycles. The van der Waals surface area contributed by atoms with E-state index in [0.717, 1.165) is 0 Å². The summed E-state index contributed by atoms with van der Waals surface area (Å²) >= 11 is 0. The third-order valence-electron chi connectivity index (χ3n) is 0.188. The van der Waals surface area contributed by atoms with Gasteiger partial charge in [0.2, 0.25) is 0 Å². The Morgan fingerprint density at radius 3 is 2.00 bits per heavy atom. The first-order valence-corrected chi connectivity index (χ1v) is 1.25. The SMILES string of the molecule is [C-]#CC#CC.[Ir]. The fourth-order valence-electron chi connectivity index (χ4n) is 0.0625. The van der Waals surface area contributed by atoms with E-state index in [1.807, 2.05) is 5.92 Å². The van der Waals surface area contributed by atoms with Gasteiger partial charge < -0.3 is 6.42 Å². The molecule has 0 saturated heterocycles. The van der Waals surface area contributed by atoms with Crippen LogP contribution < -0.4 is 0 Å². The van der Waals surface area contributed by atoms with Gasteiger partial charge >= 0.3 is 0 Å². The molecule has 1 radical (unpaired) electrons.